The molecule has 0 N–H and O–H groups in total. The van der Waals surface area contributed by atoms with Crippen LogP contribution in [0.1, 0.15) is 5.56 Å². The zero-order chi connectivity index (χ0) is 22.9. The smallest absolute Gasteiger partial charge is 0.0723 e. The van der Waals surface area contributed by atoms with E-state index in [9.17, 15) is 0 Å². The van der Waals surface area contributed by atoms with Crippen LogP contribution in [0.3, 0.4) is 0 Å². The average molecular weight is 449 g/mol. The van der Waals surface area contributed by atoms with Crippen LogP contribution in [0.25, 0.3) is 44.3 Å². The Morgan fingerprint density at radius 3 is 2.15 bits per heavy atom. The molecule has 0 aliphatic carbocycles. The molecule has 0 aliphatic heterocycles. The Kier molecular flexibility index (Phi) is 5.62. The normalized spacial score (nSPS) is 11.0. The maximum Gasteiger partial charge on any atom is 0.0723 e. The number of hydrogen-bond donors (Lipinski definition) is 0. The number of pyridine rings is 1. The van der Waals surface area contributed by atoms with Gasteiger partial charge in [-0.3, -0.25) is 4.98 Å². The SMILES string of the molecule is Cc1ccc(-c2cnc3cc(Cl)c(-c4cccc(N(C)C)c4)cc3c2-c2ccccc2)cc1. The van der Waals surface area contributed by atoms with E-state index in [2.05, 4.69) is 90.7 Å². The zero-order valence-electron chi connectivity index (χ0n) is 19.0. The molecule has 0 aliphatic rings. The van der Waals surface area contributed by atoms with Crippen molar-refractivity contribution in [2.45, 2.75) is 6.92 Å². The molecular formula is C30H25ClN2. The van der Waals surface area contributed by atoms with Gasteiger partial charge in [0.15, 0.2) is 0 Å². The number of aromatic nitrogens is 1. The van der Waals surface area contributed by atoms with E-state index in [1.165, 1.54) is 11.1 Å². The van der Waals surface area contributed by atoms with Crippen molar-refractivity contribution in [1.29, 1.82) is 0 Å². The second kappa shape index (κ2) is 8.73. The molecule has 0 bridgehead atoms. The molecule has 4 aromatic carbocycles. The number of halogens is 1. The van der Waals surface area contributed by atoms with Gasteiger partial charge in [-0.2, -0.15) is 0 Å². The van der Waals surface area contributed by atoms with E-state index in [1.807, 2.05) is 32.4 Å². The zero-order valence-corrected chi connectivity index (χ0v) is 19.8. The van der Waals surface area contributed by atoms with Crippen molar-refractivity contribution < 1.29 is 0 Å². The highest BCUT2D eigenvalue weighted by Crippen LogP contribution is 2.41. The number of benzene rings is 4. The number of rotatable bonds is 4. The predicted octanol–water partition coefficient (Wildman–Crippen LogP) is 8.26. The largest absolute Gasteiger partial charge is 0.378 e. The molecule has 2 nitrogen and oxygen atoms in total. The van der Waals surface area contributed by atoms with Gasteiger partial charge in [-0.1, -0.05) is 83.9 Å². The number of anilines is 1. The molecule has 162 valence electrons. The van der Waals surface area contributed by atoms with E-state index in [0.717, 1.165) is 44.4 Å². The van der Waals surface area contributed by atoms with Gasteiger partial charge in [0.25, 0.3) is 0 Å². The van der Waals surface area contributed by atoms with Crippen LogP contribution < -0.4 is 4.90 Å². The van der Waals surface area contributed by atoms with Crippen molar-refractivity contribution in [1.82, 2.24) is 4.98 Å². The highest BCUT2D eigenvalue weighted by atomic mass is 35.5. The third-order valence-corrected chi connectivity index (χ3v) is 6.37. The minimum atomic E-state index is 0.702. The van der Waals surface area contributed by atoms with Gasteiger partial charge in [0.2, 0.25) is 0 Å². The van der Waals surface area contributed by atoms with Gasteiger partial charge in [-0.05, 0) is 47.9 Å². The average Bonchev–Trinajstić information content (AvgIpc) is 2.84. The Hall–Kier alpha value is -3.62. The first kappa shape index (κ1) is 21.2. The molecule has 5 rings (SSSR count). The van der Waals surface area contributed by atoms with Gasteiger partial charge in [0.05, 0.1) is 10.5 Å². The Balaban J connectivity index is 1.81. The maximum absolute atomic E-state index is 6.79. The first-order valence-electron chi connectivity index (χ1n) is 11.0. The van der Waals surface area contributed by atoms with Crippen LogP contribution in [-0.4, -0.2) is 19.1 Å². The number of aryl methyl sites for hydroxylation is 1. The Labute approximate surface area is 200 Å². The summed E-state index contributed by atoms with van der Waals surface area (Å²) in [6.45, 7) is 2.11. The van der Waals surface area contributed by atoms with E-state index in [4.69, 9.17) is 16.6 Å². The van der Waals surface area contributed by atoms with Gasteiger partial charge in [-0.15, -0.1) is 0 Å². The van der Waals surface area contributed by atoms with E-state index < -0.39 is 0 Å². The Morgan fingerprint density at radius 1 is 0.697 bits per heavy atom. The number of hydrogen-bond acceptors (Lipinski definition) is 2. The molecule has 0 amide bonds. The van der Waals surface area contributed by atoms with Gasteiger partial charge < -0.3 is 4.90 Å². The molecule has 0 saturated carbocycles. The van der Waals surface area contributed by atoms with Gasteiger partial charge in [0.1, 0.15) is 0 Å². The first-order chi connectivity index (χ1) is 16.0. The monoisotopic (exact) mass is 448 g/mol. The molecule has 0 atom stereocenters. The molecule has 0 saturated heterocycles. The van der Waals surface area contributed by atoms with Crippen molar-refractivity contribution in [3.8, 4) is 33.4 Å². The summed E-state index contributed by atoms with van der Waals surface area (Å²) in [6, 6.07) is 31.8. The van der Waals surface area contributed by atoms with E-state index in [0.29, 0.717) is 5.02 Å². The molecule has 1 heterocycles. The standard InChI is InChI=1S/C30H25ClN2/c1-20-12-14-21(15-13-20)27-19-32-29-18-28(31)25(23-10-7-11-24(16-23)33(2)3)17-26(29)30(27)22-8-5-4-6-9-22/h4-19H,1-3H3. The summed E-state index contributed by atoms with van der Waals surface area (Å²) < 4.78 is 0. The van der Waals surface area contributed by atoms with Crippen LogP contribution in [-0.2, 0) is 0 Å². The summed E-state index contributed by atoms with van der Waals surface area (Å²) in [5.74, 6) is 0. The van der Waals surface area contributed by atoms with Crippen molar-refractivity contribution in [2.24, 2.45) is 0 Å². The lowest BCUT2D eigenvalue weighted by molar-refractivity contribution is 1.13. The third-order valence-electron chi connectivity index (χ3n) is 6.06. The van der Waals surface area contributed by atoms with Crippen molar-refractivity contribution >= 4 is 28.2 Å². The van der Waals surface area contributed by atoms with Gasteiger partial charge >= 0.3 is 0 Å². The van der Waals surface area contributed by atoms with Crippen LogP contribution in [0, 0.1) is 6.92 Å². The minimum Gasteiger partial charge on any atom is -0.378 e. The third kappa shape index (κ3) is 4.10. The summed E-state index contributed by atoms with van der Waals surface area (Å²) in [5, 5.41) is 1.79. The van der Waals surface area contributed by atoms with Crippen molar-refractivity contribution in [3.05, 3.63) is 108 Å². The number of nitrogens with zero attached hydrogens (tertiary/aromatic N) is 2. The summed E-state index contributed by atoms with van der Waals surface area (Å²) >= 11 is 6.79. The first-order valence-corrected chi connectivity index (χ1v) is 11.4. The minimum absolute atomic E-state index is 0.702. The molecule has 33 heavy (non-hydrogen) atoms. The van der Waals surface area contributed by atoms with Crippen LogP contribution in [0.4, 0.5) is 5.69 Å². The molecule has 0 unspecified atom stereocenters. The lowest BCUT2D eigenvalue weighted by Gasteiger charge is -2.17. The predicted molar refractivity (Wildman–Crippen MR) is 142 cm³/mol. The lowest BCUT2D eigenvalue weighted by Crippen LogP contribution is -2.08. The molecule has 3 heteroatoms. The highest BCUT2D eigenvalue weighted by molar-refractivity contribution is 6.34. The van der Waals surface area contributed by atoms with Gasteiger partial charge in [-0.25, -0.2) is 0 Å². The fourth-order valence-electron chi connectivity index (χ4n) is 4.25. The fraction of sp³-hybridized carbons (Fsp3) is 0.100. The summed E-state index contributed by atoms with van der Waals surface area (Å²) in [4.78, 5) is 6.92. The van der Waals surface area contributed by atoms with E-state index >= 15 is 0 Å². The van der Waals surface area contributed by atoms with Crippen LogP contribution in [0.2, 0.25) is 5.02 Å². The van der Waals surface area contributed by atoms with Gasteiger partial charge in [0, 0.05) is 48.1 Å². The lowest BCUT2D eigenvalue weighted by atomic mass is 9.91. The quantitative estimate of drug-likeness (QED) is 0.275. The Bertz CT molecular complexity index is 1440. The van der Waals surface area contributed by atoms with Crippen LogP contribution >= 0.6 is 11.6 Å². The Morgan fingerprint density at radius 2 is 1.42 bits per heavy atom. The highest BCUT2D eigenvalue weighted by Gasteiger charge is 2.16. The fourth-order valence-corrected chi connectivity index (χ4v) is 4.52. The second-order valence-electron chi connectivity index (χ2n) is 8.57. The maximum atomic E-state index is 6.79. The summed E-state index contributed by atoms with van der Waals surface area (Å²) in [6.07, 6.45) is 1.97. The molecule has 0 fully saturated rings. The van der Waals surface area contributed by atoms with Crippen LogP contribution in [0.15, 0.2) is 97.2 Å². The molecule has 0 spiro atoms. The summed E-state index contributed by atoms with van der Waals surface area (Å²) in [5.41, 5.74) is 9.97. The topological polar surface area (TPSA) is 16.1 Å². The van der Waals surface area contributed by atoms with E-state index in [-0.39, 0.29) is 0 Å². The summed E-state index contributed by atoms with van der Waals surface area (Å²) in [7, 11) is 4.10. The molecule has 0 radical (unpaired) electrons. The number of fused-ring (bicyclic) bond motifs is 1. The second-order valence-corrected chi connectivity index (χ2v) is 8.98. The van der Waals surface area contributed by atoms with Crippen LogP contribution in [0.5, 0.6) is 0 Å². The van der Waals surface area contributed by atoms with Crippen molar-refractivity contribution in [3.63, 3.8) is 0 Å². The molecule has 1 aromatic heterocycles. The van der Waals surface area contributed by atoms with E-state index in [1.54, 1.807) is 0 Å². The van der Waals surface area contributed by atoms with Crippen molar-refractivity contribution in [2.75, 3.05) is 19.0 Å². The molecule has 5 aromatic rings. The molecular weight excluding hydrogens is 424 g/mol.